The van der Waals surface area contributed by atoms with E-state index in [1.165, 1.54) is 26.9 Å². The average molecular weight is 2000 g/mol. The number of urea groups is 3. The molecule has 0 aromatic heterocycles. The van der Waals surface area contributed by atoms with Crippen LogP contribution in [0.1, 0.15) is 279 Å². The van der Waals surface area contributed by atoms with Crippen molar-refractivity contribution in [2.45, 2.75) is 357 Å². The number of ketones is 3. The first kappa shape index (κ1) is 114. The smallest absolute Gasteiger partial charge is 0.389 e. The number of rotatable bonds is 41. The van der Waals surface area contributed by atoms with Crippen molar-refractivity contribution in [1.82, 2.24) is 73.2 Å². The summed E-state index contributed by atoms with van der Waals surface area (Å²) < 4.78 is 56.2. The van der Waals surface area contributed by atoms with E-state index in [0.717, 1.165) is 103 Å². The quantitative estimate of drug-likeness (QED) is 0.0118. The minimum absolute atomic E-state index is 0.0429. The van der Waals surface area contributed by atoms with E-state index in [0.29, 0.717) is 69.7 Å². The molecule has 39 heteroatoms. The summed E-state index contributed by atoms with van der Waals surface area (Å²) in [5, 5.41) is 29.5. The molecule has 15 amide bonds. The standard InChI is InChI=1S/C36H57N5O7.C34H52F3N5O7.C33H51N5O7/c1-8-13-24(28(42)31(44)37-18-9-2)38-30(43)27-25-23(36(25,6)7)19-41(27)32(45)29(35(3,4)5)40-34(47)39-26(22-14-11-10-12-15-22)33(46)48-20-21-16-17-21;1-10-15-38-27(45)23(43)20(13-14-34(35,36)37)39-26(44)22-21-19(33(21,8)9)16-42(22)28(46)24(31(2,3)4)40-30(48)41-25(32(5,6)7)29(47)49-17-18-11-12-18;1-31(2,3)25(36-30(44)37-33(13-7-6-8-14-33)29(43)45-17-19-11-12-19)28(42)38-16-20-22(32(20,4)5)23(38)27(41)35-21(15-18-9-10-18)24(39)26(34)40/h9,21-27,29H,2,8,10-20H2,1,3-7H3,(H,37,44)(H,38,43)(H2,39,40,47);10,18-22,24-25H,1,11-17H2,2-9H3,(H,38,45)(H,39,44)(H2,40,41,48);18-23,25H,6-17H2,1-5H3,(H2,34,40)(H,35,41)(H2,36,37,44)/t23-,24?,25-,26-,27-,29+;19-,20?,21-,22-,24+,25+;20-,21?,22-,23-,25+/m000/s1. The number of piperidine rings is 3. The second kappa shape index (κ2) is 45.6. The number of hydrogen-bond donors (Lipinski definition) is 12. The molecule has 36 nitrogen and oxygen atoms in total. The van der Waals surface area contributed by atoms with Gasteiger partial charge in [-0.1, -0.05) is 201 Å². The monoisotopic (exact) mass is 2000 g/mol. The molecule has 12 fully saturated rings. The van der Waals surface area contributed by atoms with E-state index >= 15 is 0 Å². The van der Waals surface area contributed by atoms with E-state index in [4.69, 9.17) is 19.9 Å². The molecule has 3 heterocycles. The zero-order chi connectivity index (χ0) is 106. The lowest BCUT2D eigenvalue weighted by Crippen LogP contribution is -2.64. The molecule has 3 unspecified atom stereocenters. The number of carbonyl (C=O) groups excluding carboxylic acids is 18. The zero-order valence-electron chi connectivity index (χ0n) is 86.8. The molecule has 9 aliphatic carbocycles. The summed E-state index contributed by atoms with van der Waals surface area (Å²) in [7, 11) is 0. The summed E-state index contributed by atoms with van der Waals surface area (Å²) in [6, 6.07) is -13.9. The molecular weight excluding hydrogens is 1840 g/mol. The first-order chi connectivity index (χ1) is 66.1. The Morgan fingerprint density at radius 2 is 0.761 bits per heavy atom. The molecule has 794 valence electrons. The SMILES string of the molecule is C=CCNC(=O)C(=O)C(CCC(F)(F)F)NC(=O)[C@@H]1[C@@H]2[C@H](CN1C(=O)[C@@H](NC(=O)N[C@H](C(=O)OCC1CC1)C(C)(C)C)C(C)(C)C)C2(C)C.C=CCNC(=O)C(=O)C(CCC)NC(=O)[C@@H]1[C@@H]2[C@H](CN1C(=O)[C@@H](NC(=O)N[C@H](C(=O)OCC1CC1)C1CCCCC1)C(C)(C)C)C2(C)C.CC(C)(C)[C@H](NC(=O)NC1(C(=O)OCC2CC2)CCCCC1)C(=O)N1C[C@H]2[C@@H]([C@H]1C(=O)NC(CC1CC1)C(=O)C(N)=O)C2(C)C. The second-order valence-electron chi connectivity index (χ2n) is 48.2. The van der Waals surface area contributed by atoms with Gasteiger partial charge in [0.15, 0.2) is 0 Å². The third kappa shape index (κ3) is 28.9. The maximum absolute atomic E-state index is 14.4. The predicted molar refractivity (Wildman–Crippen MR) is 518 cm³/mol. The van der Waals surface area contributed by atoms with Crippen LogP contribution in [0.25, 0.3) is 0 Å². The molecule has 13 N–H and O–H groups in total. The highest BCUT2D eigenvalue weighted by Crippen LogP contribution is 2.67. The average Bonchev–Trinajstić information content (AvgIpc) is 1.53. The lowest BCUT2D eigenvalue weighted by atomic mass is 9.81. The van der Waals surface area contributed by atoms with Gasteiger partial charge in [-0.05, 0) is 186 Å². The number of nitrogens with zero attached hydrogens (tertiary/aromatic N) is 3. The summed E-state index contributed by atoms with van der Waals surface area (Å²) in [5.41, 5.74) is 0.280. The Morgan fingerprint density at radius 1 is 0.415 bits per heavy atom. The van der Waals surface area contributed by atoms with Crippen LogP contribution in [0.2, 0.25) is 0 Å². The lowest BCUT2D eigenvalue weighted by Gasteiger charge is -2.39. The molecule has 0 spiro atoms. The van der Waals surface area contributed by atoms with Gasteiger partial charge in [0.2, 0.25) is 52.8 Å². The molecule has 0 radical (unpaired) electrons. The van der Waals surface area contributed by atoms with E-state index in [2.05, 4.69) is 99.3 Å². The second-order valence-corrected chi connectivity index (χ2v) is 48.2. The normalized spacial score (nSPS) is 25.3. The number of primary amides is 1. The van der Waals surface area contributed by atoms with Gasteiger partial charge in [-0.3, -0.25) is 57.5 Å². The van der Waals surface area contributed by atoms with Gasteiger partial charge >= 0.3 is 42.2 Å². The number of Topliss-reactive ketones (excluding diaryl/α,β-unsaturated/α-hetero) is 3. The molecular formula is C103H160F3N15O21. The summed E-state index contributed by atoms with van der Waals surface area (Å²) in [5.74, 6) is -9.98. The van der Waals surface area contributed by atoms with Crippen molar-refractivity contribution in [3.63, 3.8) is 0 Å². The van der Waals surface area contributed by atoms with Crippen LogP contribution >= 0.6 is 0 Å². The van der Waals surface area contributed by atoms with E-state index < -0.39 is 225 Å². The third-order valence-corrected chi connectivity index (χ3v) is 31.4. The van der Waals surface area contributed by atoms with Crippen molar-refractivity contribution >= 4 is 107 Å². The Labute approximate surface area is 833 Å². The number of nitrogens with one attached hydrogen (secondary N) is 11. The van der Waals surface area contributed by atoms with Crippen molar-refractivity contribution in [2.24, 2.45) is 109 Å². The van der Waals surface area contributed by atoms with Crippen molar-refractivity contribution in [1.29, 1.82) is 0 Å². The summed E-state index contributed by atoms with van der Waals surface area (Å²) in [6.07, 6.45) is 13.0. The van der Waals surface area contributed by atoms with Gasteiger partial charge in [-0.15, -0.1) is 13.2 Å². The number of fused-ring (bicyclic) bond motifs is 3. The summed E-state index contributed by atoms with van der Waals surface area (Å²) in [4.78, 5) is 244. The molecule has 12 aliphatic rings. The van der Waals surface area contributed by atoms with E-state index in [1.54, 1.807) is 41.5 Å². The molecule has 0 aromatic rings. The highest BCUT2D eigenvalue weighted by molar-refractivity contribution is 6.39. The minimum atomic E-state index is -4.66. The Hall–Kier alpha value is -10.3. The number of hydrogen-bond acceptors (Lipinski definition) is 21. The molecule has 17 atom stereocenters. The van der Waals surface area contributed by atoms with E-state index in [1.807, 2.05) is 62.3 Å². The maximum Gasteiger partial charge on any atom is 0.389 e. The zero-order valence-corrected chi connectivity index (χ0v) is 86.8. The molecule has 0 aromatic carbocycles. The van der Waals surface area contributed by atoms with Crippen LogP contribution in [0.4, 0.5) is 27.6 Å². The van der Waals surface area contributed by atoms with Crippen LogP contribution in [-0.2, 0) is 86.1 Å². The fraction of sp³-hybridized carbons (Fsp3) is 0.786. The number of esters is 3. The molecule has 9 saturated carbocycles. The number of amides is 15. The van der Waals surface area contributed by atoms with Crippen molar-refractivity contribution in [3.8, 4) is 0 Å². The molecule has 3 saturated heterocycles. The Morgan fingerprint density at radius 3 is 1.12 bits per heavy atom. The minimum Gasteiger partial charge on any atom is -0.464 e. The number of carbonyl (C=O) groups is 18. The van der Waals surface area contributed by atoms with Crippen LogP contribution in [0.3, 0.4) is 0 Å². The van der Waals surface area contributed by atoms with Gasteiger partial charge in [0.05, 0.1) is 37.9 Å². The highest BCUT2D eigenvalue weighted by Gasteiger charge is 2.73. The van der Waals surface area contributed by atoms with Crippen LogP contribution in [-0.4, -0.2) is 252 Å². The number of likely N-dealkylation sites (tertiary alicyclic amines) is 3. The summed E-state index contributed by atoms with van der Waals surface area (Å²) in [6.45, 7) is 44.1. The number of halogens is 3. The van der Waals surface area contributed by atoms with Crippen molar-refractivity contribution in [3.05, 3.63) is 25.3 Å². The largest absolute Gasteiger partial charge is 0.464 e. The maximum atomic E-state index is 14.4. The van der Waals surface area contributed by atoms with Gasteiger partial charge in [0.1, 0.15) is 53.9 Å². The van der Waals surface area contributed by atoms with Gasteiger partial charge in [0.25, 0.3) is 17.7 Å². The molecule has 142 heavy (non-hydrogen) atoms. The Kier molecular flexibility index (Phi) is 36.5. The van der Waals surface area contributed by atoms with Gasteiger partial charge < -0.3 is 93.1 Å². The predicted octanol–water partition coefficient (Wildman–Crippen LogP) is 8.67. The third-order valence-electron chi connectivity index (χ3n) is 31.4. The highest BCUT2D eigenvalue weighted by atomic mass is 19.4. The van der Waals surface area contributed by atoms with Crippen LogP contribution < -0.4 is 64.2 Å². The summed E-state index contributed by atoms with van der Waals surface area (Å²) >= 11 is 0. The molecule has 3 aliphatic heterocycles. The fourth-order valence-electron chi connectivity index (χ4n) is 21.5. The number of alkyl halides is 3. The fourth-order valence-corrected chi connectivity index (χ4v) is 21.5. The van der Waals surface area contributed by atoms with E-state index in [9.17, 15) is 99.5 Å². The van der Waals surface area contributed by atoms with Gasteiger partial charge in [-0.2, -0.15) is 13.2 Å². The number of ether oxygens (including phenoxy) is 3. The topological polar surface area (TPSA) is 503 Å². The first-order valence-corrected chi connectivity index (χ1v) is 51.4. The number of nitrogens with two attached hydrogens (primary N) is 1. The molecule has 12 rings (SSSR count). The first-order valence-electron chi connectivity index (χ1n) is 51.4. The van der Waals surface area contributed by atoms with Gasteiger partial charge in [0, 0.05) is 39.1 Å². The lowest BCUT2D eigenvalue weighted by molar-refractivity contribution is -0.153. The Bertz CT molecular complexity index is 4710. The van der Waals surface area contributed by atoms with Crippen LogP contribution in [0.5, 0.6) is 0 Å². The van der Waals surface area contributed by atoms with Crippen molar-refractivity contribution < 1.29 is 114 Å². The van der Waals surface area contributed by atoms with Gasteiger partial charge in [-0.25, -0.2) is 28.8 Å². The van der Waals surface area contributed by atoms with Crippen LogP contribution in [0, 0.1) is 103 Å². The molecule has 0 bridgehead atoms. The van der Waals surface area contributed by atoms with Crippen molar-refractivity contribution in [2.75, 3.05) is 52.5 Å². The Balaban J connectivity index is 0.000000219. The van der Waals surface area contributed by atoms with Crippen LogP contribution in [0.15, 0.2) is 25.3 Å². The van der Waals surface area contributed by atoms with E-state index in [-0.39, 0.29) is 90.8 Å².